The van der Waals surface area contributed by atoms with E-state index in [1.807, 2.05) is 51.1 Å². The van der Waals surface area contributed by atoms with Crippen LogP contribution in [0.2, 0.25) is 0 Å². The monoisotopic (exact) mass is 437 g/mol. The van der Waals surface area contributed by atoms with Gasteiger partial charge in [-0.2, -0.15) is 0 Å². The molecular formula is C25H27NO6. The number of esters is 1. The molecule has 0 radical (unpaired) electrons. The topological polar surface area (TPSA) is 94.8 Å². The van der Waals surface area contributed by atoms with Crippen molar-refractivity contribution in [3.05, 3.63) is 75.6 Å². The molecule has 1 heterocycles. The summed E-state index contributed by atoms with van der Waals surface area (Å²) in [6.45, 7) is 7.42. The molecule has 3 rings (SSSR count). The predicted molar refractivity (Wildman–Crippen MR) is 121 cm³/mol. The average Bonchev–Trinajstić information content (AvgIpc) is 2.75. The van der Waals surface area contributed by atoms with E-state index < -0.39 is 23.7 Å². The van der Waals surface area contributed by atoms with Crippen LogP contribution in [0.4, 0.5) is 4.79 Å². The molecule has 0 saturated heterocycles. The predicted octanol–water partition coefficient (Wildman–Crippen LogP) is 4.66. The molecule has 0 bridgehead atoms. The highest BCUT2D eigenvalue weighted by molar-refractivity contribution is 5.91. The Bertz CT molecular complexity index is 1170. The first-order valence-corrected chi connectivity index (χ1v) is 10.5. The molecule has 168 valence electrons. The third kappa shape index (κ3) is 5.55. The number of carbonyl (C=O) groups is 2. The quantitative estimate of drug-likeness (QED) is 0.328. The molecule has 0 saturated carbocycles. The van der Waals surface area contributed by atoms with E-state index in [2.05, 4.69) is 5.32 Å². The van der Waals surface area contributed by atoms with Crippen molar-refractivity contribution in [1.82, 2.24) is 5.32 Å². The molecule has 32 heavy (non-hydrogen) atoms. The minimum atomic E-state index is -0.908. The van der Waals surface area contributed by atoms with E-state index in [0.29, 0.717) is 23.0 Å². The molecule has 0 aliphatic carbocycles. The Labute approximate surface area is 186 Å². The van der Waals surface area contributed by atoms with Crippen LogP contribution in [-0.2, 0) is 16.1 Å². The number of alkyl carbamates (subject to hydrolysis) is 1. The molecule has 7 heteroatoms. The summed E-state index contributed by atoms with van der Waals surface area (Å²) in [5.74, 6) is -0.533. The van der Waals surface area contributed by atoms with Crippen LogP contribution < -0.4 is 15.7 Å². The van der Waals surface area contributed by atoms with Gasteiger partial charge in [-0.05, 0) is 48.6 Å². The van der Waals surface area contributed by atoms with Gasteiger partial charge in [0, 0.05) is 6.07 Å². The third-order valence-electron chi connectivity index (χ3n) is 5.31. The molecule has 0 fully saturated rings. The molecule has 2 aromatic carbocycles. The largest absolute Gasteiger partial charge is 0.445 e. The fourth-order valence-electron chi connectivity index (χ4n) is 3.39. The molecule has 1 N–H and O–H groups in total. The van der Waals surface area contributed by atoms with Crippen molar-refractivity contribution in [2.24, 2.45) is 5.92 Å². The Kier molecular flexibility index (Phi) is 7.30. The van der Waals surface area contributed by atoms with Crippen molar-refractivity contribution in [2.45, 2.75) is 46.8 Å². The first-order chi connectivity index (χ1) is 15.3. The van der Waals surface area contributed by atoms with Gasteiger partial charge in [0.1, 0.15) is 24.0 Å². The number of amides is 1. The van der Waals surface area contributed by atoms with E-state index in [0.717, 1.165) is 11.1 Å². The number of benzene rings is 2. The second kappa shape index (κ2) is 10.1. The molecule has 1 amide bonds. The van der Waals surface area contributed by atoms with Gasteiger partial charge in [0.05, 0.1) is 5.39 Å². The minimum absolute atomic E-state index is 0.0929. The maximum atomic E-state index is 13.1. The summed E-state index contributed by atoms with van der Waals surface area (Å²) in [5, 5.41) is 3.18. The molecule has 3 aromatic rings. The molecule has 1 aromatic heterocycles. The molecule has 0 aliphatic heterocycles. The van der Waals surface area contributed by atoms with Crippen molar-refractivity contribution >= 4 is 23.0 Å². The Morgan fingerprint density at radius 1 is 1.09 bits per heavy atom. The lowest BCUT2D eigenvalue weighted by molar-refractivity contribution is -0.137. The van der Waals surface area contributed by atoms with Crippen molar-refractivity contribution in [3.8, 4) is 5.75 Å². The fourth-order valence-corrected chi connectivity index (χ4v) is 3.39. The standard InChI is InChI=1S/C25H27NO6/c1-5-16(3)23(26-25(29)30-14-18-9-7-6-8-10-18)24(28)32-20-12-15(2)11-19-22(20)17(4)13-21(27)31-19/h6-13,16,23H,5,14H2,1-4H3,(H,26,29). The first-order valence-electron chi connectivity index (χ1n) is 10.5. The molecule has 0 aliphatic rings. The maximum Gasteiger partial charge on any atom is 0.408 e. The highest BCUT2D eigenvalue weighted by atomic mass is 16.6. The van der Waals surface area contributed by atoms with Crippen LogP contribution in [0.3, 0.4) is 0 Å². The lowest BCUT2D eigenvalue weighted by Crippen LogP contribution is -2.47. The van der Waals surface area contributed by atoms with Crippen LogP contribution in [0.15, 0.2) is 57.7 Å². The Balaban J connectivity index is 1.79. The number of hydrogen-bond donors (Lipinski definition) is 1. The van der Waals surface area contributed by atoms with Crippen molar-refractivity contribution in [2.75, 3.05) is 0 Å². The molecular weight excluding hydrogens is 410 g/mol. The lowest BCUT2D eigenvalue weighted by atomic mass is 9.99. The maximum absolute atomic E-state index is 13.1. The zero-order valence-corrected chi connectivity index (χ0v) is 18.6. The molecule has 7 nitrogen and oxygen atoms in total. The van der Waals surface area contributed by atoms with Gasteiger partial charge in [-0.1, -0.05) is 50.6 Å². The number of fused-ring (bicyclic) bond motifs is 1. The zero-order valence-electron chi connectivity index (χ0n) is 18.6. The number of hydrogen-bond acceptors (Lipinski definition) is 6. The Morgan fingerprint density at radius 3 is 2.50 bits per heavy atom. The second-order valence-electron chi connectivity index (χ2n) is 7.88. The Morgan fingerprint density at radius 2 is 1.81 bits per heavy atom. The van der Waals surface area contributed by atoms with Gasteiger partial charge >= 0.3 is 17.7 Å². The van der Waals surface area contributed by atoms with Crippen LogP contribution >= 0.6 is 0 Å². The highest BCUT2D eigenvalue weighted by Gasteiger charge is 2.29. The molecule has 0 spiro atoms. The van der Waals surface area contributed by atoms with E-state index in [9.17, 15) is 14.4 Å². The zero-order chi connectivity index (χ0) is 23.3. The van der Waals surface area contributed by atoms with Gasteiger partial charge in [0.15, 0.2) is 0 Å². The summed E-state index contributed by atoms with van der Waals surface area (Å²) in [6, 6.07) is 13.1. The van der Waals surface area contributed by atoms with Gasteiger partial charge in [-0.25, -0.2) is 14.4 Å². The van der Waals surface area contributed by atoms with Gasteiger partial charge in [0.2, 0.25) is 0 Å². The summed E-state index contributed by atoms with van der Waals surface area (Å²) >= 11 is 0. The highest BCUT2D eigenvalue weighted by Crippen LogP contribution is 2.30. The number of nitrogens with one attached hydrogen (secondary N) is 1. The number of ether oxygens (including phenoxy) is 2. The SMILES string of the molecule is CCC(C)C(NC(=O)OCc1ccccc1)C(=O)Oc1cc(C)cc2oc(=O)cc(C)c12. The summed E-state index contributed by atoms with van der Waals surface area (Å²) in [6.07, 6.45) is -0.0614. The average molecular weight is 437 g/mol. The van der Waals surface area contributed by atoms with Gasteiger partial charge in [-0.3, -0.25) is 0 Å². The summed E-state index contributed by atoms with van der Waals surface area (Å²) < 4.78 is 16.3. The molecule has 2 unspecified atom stereocenters. The van der Waals surface area contributed by atoms with Gasteiger partial charge in [0.25, 0.3) is 0 Å². The van der Waals surface area contributed by atoms with Gasteiger partial charge in [-0.15, -0.1) is 0 Å². The first kappa shape index (κ1) is 23.1. The number of rotatable bonds is 7. The van der Waals surface area contributed by atoms with Crippen LogP contribution in [0, 0.1) is 19.8 Å². The van der Waals surface area contributed by atoms with E-state index >= 15 is 0 Å². The third-order valence-corrected chi connectivity index (χ3v) is 5.31. The summed E-state index contributed by atoms with van der Waals surface area (Å²) in [7, 11) is 0. The van der Waals surface area contributed by atoms with Crippen LogP contribution in [-0.4, -0.2) is 18.1 Å². The number of aryl methyl sites for hydroxylation is 2. The van der Waals surface area contributed by atoms with Crippen molar-refractivity contribution in [1.29, 1.82) is 0 Å². The van der Waals surface area contributed by atoms with Crippen LogP contribution in [0.25, 0.3) is 11.0 Å². The Hall–Kier alpha value is -3.61. The number of carbonyl (C=O) groups excluding carboxylic acids is 2. The fraction of sp³-hybridized carbons (Fsp3) is 0.320. The molecule has 2 atom stereocenters. The normalized spacial score (nSPS) is 12.8. The van der Waals surface area contributed by atoms with E-state index in [1.54, 1.807) is 19.1 Å². The van der Waals surface area contributed by atoms with Crippen molar-refractivity contribution < 1.29 is 23.5 Å². The lowest BCUT2D eigenvalue weighted by Gasteiger charge is -2.23. The summed E-state index contributed by atoms with van der Waals surface area (Å²) in [5.41, 5.74) is 2.11. The van der Waals surface area contributed by atoms with E-state index in [-0.39, 0.29) is 18.3 Å². The van der Waals surface area contributed by atoms with Crippen molar-refractivity contribution in [3.63, 3.8) is 0 Å². The van der Waals surface area contributed by atoms with E-state index in [4.69, 9.17) is 13.9 Å². The van der Waals surface area contributed by atoms with Crippen LogP contribution in [0.1, 0.15) is 37.0 Å². The van der Waals surface area contributed by atoms with E-state index in [1.165, 1.54) is 6.07 Å². The van der Waals surface area contributed by atoms with Crippen LogP contribution in [0.5, 0.6) is 5.75 Å². The smallest absolute Gasteiger partial charge is 0.408 e. The minimum Gasteiger partial charge on any atom is -0.445 e. The summed E-state index contributed by atoms with van der Waals surface area (Å²) in [4.78, 5) is 37.2. The second-order valence-corrected chi connectivity index (χ2v) is 7.88. The van der Waals surface area contributed by atoms with Gasteiger partial charge < -0.3 is 19.2 Å².